The van der Waals surface area contributed by atoms with Gasteiger partial charge in [0, 0.05) is 31.4 Å². The zero-order valence-electron chi connectivity index (χ0n) is 11.2. The molecule has 1 aromatic rings. The summed E-state index contributed by atoms with van der Waals surface area (Å²) in [6.45, 7) is 10.6. The first-order valence-corrected chi connectivity index (χ1v) is 7.26. The summed E-state index contributed by atoms with van der Waals surface area (Å²) in [5.74, 6) is 0.738. The van der Waals surface area contributed by atoms with Crippen molar-refractivity contribution in [2.45, 2.75) is 39.8 Å². The number of anilines is 1. The Balaban J connectivity index is 2.52. The molecule has 0 saturated heterocycles. The molecular weight excluding hydrogens is 316 g/mol. The minimum Gasteiger partial charge on any atom is -0.368 e. The first kappa shape index (κ1) is 15.7. The summed E-state index contributed by atoms with van der Waals surface area (Å²) in [6.07, 6.45) is 1.65. The lowest BCUT2D eigenvalue weighted by Crippen LogP contribution is -2.40. The van der Waals surface area contributed by atoms with Crippen molar-refractivity contribution in [1.82, 2.24) is 14.9 Å². The molecule has 0 aliphatic carbocycles. The summed E-state index contributed by atoms with van der Waals surface area (Å²) in [5, 5.41) is 3.52. The summed E-state index contributed by atoms with van der Waals surface area (Å²) in [4.78, 5) is 10.5. The van der Waals surface area contributed by atoms with Crippen LogP contribution >= 0.6 is 27.5 Å². The zero-order chi connectivity index (χ0) is 13.7. The van der Waals surface area contributed by atoms with Crippen molar-refractivity contribution in [1.29, 1.82) is 0 Å². The highest BCUT2D eigenvalue weighted by Crippen LogP contribution is 2.19. The van der Waals surface area contributed by atoms with Gasteiger partial charge in [-0.2, -0.15) is 4.98 Å². The maximum Gasteiger partial charge on any atom is 0.224 e. The molecule has 102 valence electrons. The van der Waals surface area contributed by atoms with E-state index >= 15 is 0 Å². The number of nitrogens with one attached hydrogen (secondary N) is 1. The topological polar surface area (TPSA) is 41.0 Å². The van der Waals surface area contributed by atoms with E-state index in [1.54, 1.807) is 6.20 Å². The molecule has 0 spiro atoms. The summed E-state index contributed by atoms with van der Waals surface area (Å²) in [5.41, 5.74) is 0. The van der Waals surface area contributed by atoms with Gasteiger partial charge < -0.3 is 5.32 Å². The molecule has 0 unspecified atom stereocenters. The molecule has 18 heavy (non-hydrogen) atoms. The van der Waals surface area contributed by atoms with Gasteiger partial charge in [-0.25, -0.2) is 4.98 Å². The molecular formula is C12H20BrClN4. The lowest BCUT2D eigenvalue weighted by Gasteiger charge is -2.30. The third-order valence-electron chi connectivity index (χ3n) is 2.70. The number of halogens is 2. The van der Waals surface area contributed by atoms with E-state index in [9.17, 15) is 0 Å². The number of aromatic nitrogens is 2. The van der Waals surface area contributed by atoms with Gasteiger partial charge in [-0.05, 0) is 55.2 Å². The van der Waals surface area contributed by atoms with E-state index in [2.05, 4.69) is 63.8 Å². The van der Waals surface area contributed by atoms with E-state index < -0.39 is 0 Å². The van der Waals surface area contributed by atoms with Crippen molar-refractivity contribution in [3.05, 3.63) is 16.0 Å². The average molecular weight is 336 g/mol. The van der Waals surface area contributed by atoms with Gasteiger partial charge in [0.25, 0.3) is 0 Å². The summed E-state index contributed by atoms with van der Waals surface area (Å²) >= 11 is 9.16. The number of nitrogens with zero attached hydrogens (tertiary/aromatic N) is 3. The van der Waals surface area contributed by atoms with Crippen LogP contribution in [0.2, 0.25) is 5.28 Å². The Morgan fingerprint density at radius 1 is 1.33 bits per heavy atom. The molecule has 0 atom stereocenters. The molecule has 0 radical (unpaired) electrons. The molecule has 1 heterocycles. The molecule has 0 fully saturated rings. The van der Waals surface area contributed by atoms with Crippen molar-refractivity contribution in [3.63, 3.8) is 0 Å². The summed E-state index contributed by atoms with van der Waals surface area (Å²) < 4.78 is 0.826. The fraction of sp³-hybridized carbons (Fsp3) is 0.667. The van der Waals surface area contributed by atoms with E-state index in [4.69, 9.17) is 11.6 Å². The number of rotatable bonds is 6. The van der Waals surface area contributed by atoms with Crippen LogP contribution in [0.1, 0.15) is 27.7 Å². The van der Waals surface area contributed by atoms with Crippen LogP contribution in [0.15, 0.2) is 10.7 Å². The molecule has 1 aromatic heterocycles. The fourth-order valence-corrected chi connectivity index (χ4v) is 2.35. The lowest BCUT2D eigenvalue weighted by atomic mass is 10.2. The van der Waals surface area contributed by atoms with Crippen molar-refractivity contribution >= 4 is 33.3 Å². The second-order valence-electron chi connectivity index (χ2n) is 4.69. The fourth-order valence-electron chi connectivity index (χ4n) is 1.89. The molecule has 0 saturated carbocycles. The quantitative estimate of drug-likeness (QED) is 0.809. The maximum absolute atomic E-state index is 5.77. The van der Waals surface area contributed by atoms with Gasteiger partial charge in [0.15, 0.2) is 0 Å². The predicted molar refractivity (Wildman–Crippen MR) is 80.2 cm³/mol. The van der Waals surface area contributed by atoms with Crippen molar-refractivity contribution in [2.75, 3.05) is 18.4 Å². The van der Waals surface area contributed by atoms with Crippen LogP contribution in [0, 0.1) is 0 Å². The predicted octanol–water partition coefficient (Wildman–Crippen LogP) is 3.42. The first-order chi connectivity index (χ1) is 8.41. The normalized spacial score (nSPS) is 11.6. The van der Waals surface area contributed by atoms with Crippen LogP contribution in [-0.2, 0) is 0 Å². The molecule has 6 heteroatoms. The Bertz CT molecular complexity index is 376. The van der Waals surface area contributed by atoms with Crippen molar-refractivity contribution in [3.8, 4) is 0 Å². The molecule has 1 N–H and O–H groups in total. The second-order valence-corrected chi connectivity index (χ2v) is 5.88. The monoisotopic (exact) mass is 334 g/mol. The molecule has 1 rings (SSSR count). The van der Waals surface area contributed by atoms with Gasteiger partial charge in [0.1, 0.15) is 5.82 Å². The molecule has 0 bridgehead atoms. The van der Waals surface area contributed by atoms with Crippen LogP contribution in [0.3, 0.4) is 0 Å². The third-order valence-corrected chi connectivity index (χ3v) is 3.47. The molecule has 0 aromatic carbocycles. The summed E-state index contributed by atoms with van der Waals surface area (Å²) in [6, 6.07) is 1.06. The van der Waals surface area contributed by atoms with Crippen LogP contribution in [0.5, 0.6) is 0 Å². The first-order valence-electron chi connectivity index (χ1n) is 6.09. The van der Waals surface area contributed by atoms with Gasteiger partial charge >= 0.3 is 0 Å². The maximum atomic E-state index is 5.77. The molecule has 0 aliphatic heterocycles. The number of hydrogen-bond donors (Lipinski definition) is 1. The Morgan fingerprint density at radius 2 is 1.94 bits per heavy atom. The Kier molecular flexibility index (Phi) is 6.32. The van der Waals surface area contributed by atoms with Crippen LogP contribution < -0.4 is 5.32 Å². The largest absolute Gasteiger partial charge is 0.368 e. The zero-order valence-corrected chi connectivity index (χ0v) is 13.6. The highest BCUT2D eigenvalue weighted by molar-refractivity contribution is 9.10. The van der Waals surface area contributed by atoms with E-state index in [0.29, 0.717) is 12.1 Å². The second kappa shape index (κ2) is 7.26. The van der Waals surface area contributed by atoms with Crippen LogP contribution in [0.4, 0.5) is 5.82 Å². The van der Waals surface area contributed by atoms with Crippen LogP contribution in [0.25, 0.3) is 0 Å². The lowest BCUT2D eigenvalue weighted by molar-refractivity contribution is 0.182. The van der Waals surface area contributed by atoms with Gasteiger partial charge in [-0.1, -0.05) is 0 Å². The van der Waals surface area contributed by atoms with Crippen LogP contribution in [-0.4, -0.2) is 40.0 Å². The SMILES string of the molecule is CC(C)N(CCNc1nc(Cl)ncc1Br)C(C)C. The highest BCUT2D eigenvalue weighted by Gasteiger charge is 2.12. The minimum atomic E-state index is 0.255. The van der Waals surface area contributed by atoms with E-state index in [1.807, 2.05) is 0 Å². The third kappa shape index (κ3) is 4.71. The van der Waals surface area contributed by atoms with Gasteiger partial charge in [0.05, 0.1) is 4.47 Å². The highest BCUT2D eigenvalue weighted by atomic mass is 79.9. The van der Waals surface area contributed by atoms with Gasteiger partial charge in [-0.3, -0.25) is 4.90 Å². The Labute approximate surface area is 122 Å². The van der Waals surface area contributed by atoms with E-state index in [1.165, 1.54) is 0 Å². The Morgan fingerprint density at radius 3 is 2.50 bits per heavy atom. The number of hydrogen-bond acceptors (Lipinski definition) is 4. The van der Waals surface area contributed by atoms with Gasteiger partial charge in [-0.15, -0.1) is 0 Å². The Hall–Kier alpha value is -0.390. The average Bonchev–Trinajstić information content (AvgIpc) is 2.27. The minimum absolute atomic E-state index is 0.255. The van der Waals surface area contributed by atoms with Crippen molar-refractivity contribution in [2.24, 2.45) is 0 Å². The standard InChI is InChI=1S/C12H20BrClN4/c1-8(2)18(9(3)4)6-5-15-11-10(13)7-16-12(14)17-11/h7-9H,5-6H2,1-4H3,(H,15,16,17). The van der Waals surface area contributed by atoms with E-state index in [0.717, 1.165) is 23.4 Å². The smallest absolute Gasteiger partial charge is 0.224 e. The molecule has 0 amide bonds. The molecule has 4 nitrogen and oxygen atoms in total. The molecule has 0 aliphatic rings. The van der Waals surface area contributed by atoms with E-state index in [-0.39, 0.29) is 5.28 Å². The van der Waals surface area contributed by atoms with Crippen molar-refractivity contribution < 1.29 is 0 Å². The van der Waals surface area contributed by atoms with Gasteiger partial charge in [0.2, 0.25) is 5.28 Å². The summed E-state index contributed by atoms with van der Waals surface area (Å²) in [7, 11) is 0.